The Labute approximate surface area is 230 Å². The van der Waals surface area contributed by atoms with Gasteiger partial charge in [0, 0.05) is 37.3 Å². The van der Waals surface area contributed by atoms with Gasteiger partial charge in [-0.3, -0.25) is 4.79 Å². The maximum absolute atomic E-state index is 14.1. The molecule has 1 aliphatic rings. The first-order valence-electron chi connectivity index (χ1n) is 13.3. The molecule has 0 N–H and O–H groups in total. The largest absolute Gasteiger partial charge is 0.368 e. The van der Waals surface area contributed by atoms with Crippen molar-refractivity contribution in [3.8, 4) is 11.6 Å². The van der Waals surface area contributed by atoms with E-state index in [9.17, 15) is 9.59 Å². The van der Waals surface area contributed by atoms with Gasteiger partial charge >= 0.3 is 5.69 Å². The minimum Gasteiger partial charge on any atom is -0.368 e. The maximum atomic E-state index is 14.1. The molecule has 8 heteroatoms. The van der Waals surface area contributed by atoms with Gasteiger partial charge in [-0.25, -0.2) is 18.9 Å². The molecule has 4 aromatic carbocycles. The highest BCUT2D eigenvalue weighted by Crippen LogP contribution is 2.27. The number of benzene rings is 4. The number of anilines is 2. The lowest BCUT2D eigenvalue weighted by molar-refractivity contribution is 0.647. The Kier molecular flexibility index (Phi) is 5.85. The fraction of sp³-hybridized carbons (Fsp3) is 0.125. The number of nitrogens with zero attached hydrogens (tertiary/aromatic N) is 6. The standard InChI is InChI=1S/C32H26N6O2/c39-30-26-16-8-10-18-28(26)38(32(40)37(30)24-13-5-2-6-14-24)31-33-27-17-9-7-15-25(27)29(34-31)36-21-19-35(20-22-36)23-11-3-1-4-12-23/h1-18H,19-22H2. The number of para-hydroxylation sites is 4. The van der Waals surface area contributed by atoms with E-state index >= 15 is 0 Å². The van der Waals surface area contributed by atoms with Crippen LogP contribution in [0.5, 0.6) is 0 Å². The molecule has 0 bridgehead atoms. The molecule has 1 fully saturated rings. The Morgan fingerprint density at radius 3 is 1.82 bits per heavy atom. The van der Waals surface area contributed by atoms with Gasteiger partial charge in [0.15, 0.2) is 0 Å². The zero-order valence-electron chi connectivity index (χ0n) is 21.7. The molecule has 196 valence electrons. The van der Waals surface area contributed by atoms with E-state index in [-0.39, 0.29) is 11.5 Å². The molecule has 2 aromatic heterocycles. The Hall–Kier alpha value is -5.24. The predicted molar refractivity (Wildman–Crippen MR) is 159 cm³/mol. The van der Waals surface area contributed by atoms with Gasteiger partial charge < -0.3 is 9.80 Å². The molecule has 0 unspecified atom stereocenters. The zero-order chi connectivity index (χ0) is 27.1. The molecule has 8 nitrogen and oxygen atoms in total. The van der Waals surface area contributed by atoms with Crippen LogP contribution >= 0.6 is 0 Å². The topological polar surface area (TPSA) is 76.3 Å². The van der Waals surface area contributed by atoms with Crippen molar-refractivity contribution in [1.29, 1.82) is 0 Å². The summed E-state index contributed by atoms with van der Waals surface area (Å²) in [5.74, 6) is 1.02. The van der Waals surface area contributed by atoms with Gasteiger partial charge in [-0.05, 0) is 48.5 Å². The van der Waals surface area contributed by atoms with E-state index in [1.807, 2.05) is 42.5 Å². The molecule has 0 atom stereocenters. The summed E-state index contributed by atoms with van der Waals surface area (Å²) in [6, 6.07) is 34.4. The predicted octanol–water partition coefficient (Wildman–Crippen LogP) is 4.41. The first kappa shape index (κ1) is 23.8. The van der Waals surface area contributed by atoms with Crippen LogP contribution in [-0.4, -0.2) is 45.3 Å². The van der Waals surface area contributed by atoms with Gasteiger partial charge in [-0.2, -0.15) is 4.98 Å². The van der Waals surface area contributed by atoms with Gasteiger partial charge in [-0.15, -0.1) is 0 Å². The van der Waals surface area contributed by atoms with Crippen molar-refractivity contribution in [3.05, 3.63) is 130 Å². The van der Waals surface area contributed by atoms with E-state index in [2.05, 4.69) is 34.1 Å². The Morgan fingerprint density at radius 1 is 0.525 bits per heavy atom. The third-order valence-electron chi connectivity index (χ3n) is 7.45. The van der Waals surface area contributed by atoms with Crippen molar-refractivity contribution in [1.82, 2.24) is 19.1 Å². The molecule has 40 heavy (non-hydrogen) atoms. The van der Waals surface area contributed by atoms with Crippen LogP contribution in [0.4, 0.5) is 11.5 Å². The van der Waals surface area contributed by atoms with Gasteiger partial charge in [-0.1, -0.05) is 60.7 Å². The number of hydrogen-bond acceptors (Lipinski definition) is 6. The minimum atomic E-state index is -0.509. The molecule has 3 heterocycles. The zero-order valence-corrected chi connectivity index (χ0v) is 21.7. The van der Waals surface area contributed by atoms with Crippen molar-refractivity contribution < 1.29 is 0 Å². The SMILES string of the molecule is O=c1c2ccccc2n(-c2nc(N3CCN(c4ccccc4)CC3)c3ccccc3n2)c(=O)n1-c1ccccc1. The number of fused-ring (bicyclic) bond motifs is 2. The van der Waals surface area contributed by atoms with Crippen molar-refractivity contribution in [2.45, 2.75) is 0 Å². The van der Waals surface area contributed by atoms with Gasteiger partial charge in [0.2, 0.25) is 5.95 Å². The average Bonchev–Trinajstić information content (AvgIpc) is 3.02. The first-order chi connectivity index (χ1) is 19.7. The maximum Gasteiger partial charge on any atom is 0.343 e. The van der Waals surface area contributed by atoms with Gasteiger partial charge in [0.05, 0.1) is 22.1 Å². The Morgan fingerprint density at radius 2 is 1.10 bits per heavy atom. The molecule has 6 aromatic rings. The van der Waals surface area contributed by atoms with Gasteiger partial charge in [0.1, 0.15) is 5.82 Å². The highest BCUT2D eigenvalue weighted by molar-refractivity contribution is 5.90. The molecule has 7 rings (SSSR count). The summed E-state index contributed by atoms with van der Waals surface area (Å²) in [6.07, 6.45) is 0. The number of piperazine rings is 1. The highest BCUT2D eigenvalue weighted by atomic mass is 16.2. The highest BCUT2D eigenvalue weighted by Gasteiger charge is 2.23. The molecule has 0 amide bonds. The molecular weight excluding hydrogens is 500 g/mol. The van der Waals surface area contributed by atoms with Crippen LogP contribution in [0.2, 0.25) is 0 Å². The average molecular weight is 527 g/mol. The van der Waals surface area contributed by atoms with E-state index < -0.39 is 5.69 Å². The summed E-state index contributed by atoms with van der Waals surface area (Å²) in [6.45, 7) is 3.24. The molecule has 1 aliphatic heterocycles. The number of hydrogen-bond donors (Lipinski definition) is 0. The summed E-state index contributed by atoms with van der Waals surface area (Å²) in [5, 5.41) is 1.34. The van der Waals surface area contributed by atoms with Crippen LogP contribution < -0.4 is 21.0 Å². The molecule has 0 aliphatic carbocycles. The monoisotopic (exact) mass is 526 g/mol. The summed E-state index contributed by atoms with van der Waals surface area (Å²) < 4.78 is 2.65. The third-order valence-corrected chi connectivity index (χ3v) is 7.45. The van der Waals surface area contributed by atoms with Crippen LogP contribution in [0.3, 0.4) is 0 Å². The summed E-state index contributed by atoms with van der Waals surface area (Å²) in [7, 11) is 0. The van der Waals surface area contributed by atoms with Crippen molar-refractivity contribution >= 4 is 33.3 Å². The van der Waals surface area contributed by atoms with Crippen molar-refractivity contribution in [2.75, 3.05) is 36.0 Å². The van der Waals surface area contributed by atoms with E-state index in [4.69, 9.17) is 9.97 Å². The van der Waals surface area contributed by atoms with E-state index in [1.54, 1.807) is 42.5 Å². The van der Waals surface area contributed by atoms with Crippen LogP contribution in [-0.2, 0) is 0 Å². The number of aromatic nitrogens is 4. The minimum absolute atomic E-state index is 0.241. The number of rotatable bonds is 4. The molecule has 0 saturated carbocycles. The first-order valence-corrected chi connectivity index (χ1v) is 13.3. The second kappa shape index (κ2) is 9.81. The van der Waals surface area contributed by atoms with E-state index in [0.717, 1.165) is 42.9 Å². The van der Waals surface area contributed by atoms with Crippen LogP contribution in [0, 0.1) is 0 Å². The molecular formula is C32H26N6O2. The summed E-state index contributed by atoms with van der Waals surface area (Å²) >= 11 is 0. The summed E-state index contributed by atoms with van der Waals surface area (Å²) in [4.78, 5) is 42.0. The lowest BCUT2D eigenvalue weighted by Gasteiger charge is -2.37. The van der Waals surface area contributed by atoms with Crippen molar-refractivity contribution in [3.63, 3.8) is 0 Å². The van der Waals surface area contributed by atoms with Crippen LogP contribution in [0.15, 0.2) is 119 Å². The second-order valence-electron chi connectivity index (χ2n) is 9.79. The Bertz CT molecular complexity index is 1960. The normalized spacial score (nSPS) is 13.7. The van der Waals surface area contributed by atoms with Crippen molar-refractivity contribution in [2.24, 2.45) is 0 Å². The molecule has 1 saturated heterocycles. The van der Waals surface area contributed by atoms with E-state index in [0.29, 0.717) is 16.6 Å². The Balaban J connectivity index is 1.40. The summed E-state index contributed by atoms with van der Waals surface area (Å²) in [5.41, 5.74) is 2.03. The third kappa shape index (κ3) is 4.01. The molecule has 0 spiro atoms. The van der Waals surface area contributed by atoms with Gasteiger partial charge in [0.25, 0.3) is 5.56 Å². The molecule has 0 radical (unpaired) electrons. The van der Waals surface area contributed by atoms with Crippen LogP contribution in [0.1, 0.15) is 0 Å². The fourth-order valence-corrected chi connectivity index (χ4v) is 5.46. The fourth-order valence-electron chi connectivity index (χ4n) is 5.46. The smallest absolute Gasteiger partial charge is 0.343 e. The van der Waals surface area contributed by atoms with E-state index in [1.165, 1.54) is 14.8 Å². The quantitative estimate of drug-likeness (QED) is 0.339. The van der Waals surface area contributed by atoms with Crippen LogP contribution in [0.25, 0.3) is 33.4 Å². The second-order valence-corrected chi connectivity index (χ2v) is 9.79. The lowest BCUT2D eigenvalue weighted by atomic mass is 10.2. The lowest BCUT2D eigenvalue weighted by Crippen LogP contribution is -2.47.